The molecule has 0 spiro atoms. The van der Waals surface area contributed by atoms with Crippen LogP contribution in [0.3, 0.4) is 0 Å². The zero-order valence-corrected chi connectivity index (χ0v) is 24.4. The summed E-state index contributed by atoms with van der Waals surface area (Å²) < 4.78 is 0. The van der Waals surface area contributed by atoms with E-state index < -0.39 is 0 Å². The molecule has 3 heteroatoms. The second-order valence-corrected chi connectivity index (χ2v) is 11.7. The summed E-state index contributed by atoms with van der Waals surface area (Å²) >= 11 is 0. The quantitative estimate of drug-likeness (QED) is 0.196. The highest BCUT2D eigenvalue weighted by Gasteiger charge is 2.45. The van der Waals surface area contributed by atoms with Crippen molar-refractivity contribution in [2.75, 3.05) is 6.54 Å². The zero-order valence-electron chi connectivity index (χ0n) is 24.4. The van der Waals surface area contributed by atoms with Gasteiger partial charge in [0.2, 0.25) is 0 Å². The molecule has 1 atom stereocenters. The van der Waals surface area contributed by atoms with Crippen LogP contribution in [0.4, 0.5) is 0 Å². The number of nitrogens with zero attached hydrogens (tertiary/aromatic N) is 1. The van der Waals surface area contributed by atoms with Crippen molar-refractivity contribution < 1.29 is 0 Å². The third-order valence-corrected chi connectivity index (χ3v) is 8.14. The van der Waals surface area contributed by atoms with Gasteiger partial charge in [0.1, 0.15) is 0 Å². The van der Waals surface area contributed by atoms with Crippen molar-refractivity contribution in [2.24, 2.45) is 16.7 Å². The van der Waals surface area contributed by atoms with E-state index >= 15 is 0 Å². The molecule has 1 aromatic heterocycles. The monoisotopic (exact) mass is 501 g/mol. The van der Waals surface area contributed by atoms with Gasteiger partial charge in [-0.05, 0) is 87.1 Å². The topological polar surface area (TPSA) is 31.1 Å². The van der Waals surface area contributed by atoms with Crippen molar-refractivity contribution in [3.05, 3.63) is 103 Å². The fourth-order valence-corrected chi connectivity index (χ4v) is 5.41. The number of hydrogen-bond acceptors (Lipinski definition) is 2. The molecule has 1 heterocycles. The van der Waals surface area contributed by atoms with Gasteiger partial charge >= 0.3 is 0 Å². The minimum Gasteiger partial charge on any atom is -0.367 e. The van der Waals surface area contributed by atoms with Crippen LogP contribution in [-0.4, -0.2) is 16.4 Å². The first kappa shape index (κ1) is 30.3. The first-order valence-electron chi connectivity index (χ1n) is 13.8. The first-order chi connectivity index (χ1) is 17.4. The maximum Gasteiger partial charge on any atom is 0.0435 e. The van der Waals surface area contributed by atoms with Gasteiger partial charge in [-0.3, -0.25) is 0 Å². The van der Waals surface area contributed by atoms with Gasteiger partial charge in [-0.1, -0.05) is 78.2 Å². The molecule has 37 heavy (non-hydrogen) atoms. The lowest BCUT2D eigenvalue weighted by Gasteiger charge is -2.51. The van der Waals surface area contributed by atoms with E-state index in [1.807, 2.05) is 24.5 Å². The Morgan fingerprint density at radius 3 is 2.38 bits per heavy atom. The summed E-state index contributed by atoms with van der Waals surface area (Å²) in [5.41, 5.74) is 7.16. The molecule has 0 saturated heterocycles. The number of nitrogens with one attached hydrogen (secondary N) is 2. The fraction of sp³-hybridized carbons (Fsp3) is 0.471. The Bertz CT molecular complexity index is 1020. The smallest absolute Gasteiger partial charge is 0.0435 e. The lowest BCUT2D eigenvalue weighted by atomic mass is 9.58. The van der Waals surface area contributed by atoms with Crippen LogP contribution < -0.4 is 5.32 Å². The van der Waals surface area contributed by atoms with Gasteiger partial charge in [-0.25, -0.2) is 0 Å². The SMILES string of the molecule is C=C/C=C(\C=C/CC(=C)CN(C(=C)C)C(=C)C1(C(C)CC)CCC(C)(C)CC1)N/C(C)=C\c1cc[nH]c1. The minimum atomic E-state index is 0.131. The van der Waals surface area contributed by atoms with Crippen LogP contribution in [-0.2, 0) is 0 Å². The second-order valence-electron chi connectivity index (χ2n) is 11.7. The number of allylic oxidation sites excluding steroid dienone is 7. The molecule has 1 fully saturated rings. The van der Waals surface area contributed by atoms with Gasteiger partial charge in [0.15, 0.2) is 0 Å². The molecule has 0 radical (unpaired) electrons. The van der Waals surface area contributed by atoms with Crippen molar-refractivity contribution in [3.63, 3.8) is 0 Å². The third-order valence-electron chi connectivity index (χ3n) is 8.14. The van der Waals surface area contributed by atoms with Crippen molar-refractivity contribution in [2.45, 2.75) is 80.1 Å². The Hall–Kier alpha value is -2.94. The number of aromatic nitrogens is 1. The summed E-state index contributed by atoms with van der Waals surface area (Å²) in [6, 6.07) is 2.04. The average molecular weight is 502 g/mol. The van der Waals surface area contributed by atoms with E-state index in [9.17, 15) is 0 Å². The zero-order chi connectivity index (χ0) is 27.6. The molecule has 1 aliphatic carbocycles. The van der Waals surface area contributed by atoms with E-state index in [-0.39, 0.29) is 5.41 Å². The van der Waals surface area contributed by atoms with Crippen LogP contribution in [0, 0.1) is 16.7 Å². The molecule has 1 aromatic rings. The predicted octanol–water partition coefficient (Wildman–Crippen LogP) is 9.52. The first-order valence-corrected chi connectivity index (χ1v) is 13.8. The van der Waals surface area contributed by atoms with E-state index in [0.29, 0.717) is 11.3 Å². The van der Waals surface area contributed by atoms with Crippen molar-refractivity contribution in [1.82, 2.24) is 15.2 Å². The van der Waals surface area contributed by atoms with E-state index in [4.69, 9.17) is 6.58 Å². The molecular weight excluding hydrogens is 450 g/mol. The van der Waals surface area contributed by atoms with Crippen LogP contribution in [0.2, 0.25) is 0 Å². The Morgan fingerprint density at radius 1 is 1.16 bits per heavy atom. The molecule has 0 aliphatic heterocycles. The predicted molar refractivity (Wildman–Crippen MR) is 164 cm³/mol. The summed E-state index contributed by atoms with van der Waals surface area (Å²) in [4.78, 5) is 5.42. The van der Waals surface area contributed by atoms with Crippen LogP contribution in [0.25, 0.3) is 6.08 Å². The summed E-state index contributed by atoms with van der Waals surface area (Å²) in [7, 11) is 0. The Balaban J connectivity index is 2.09. The number of rotatable bonds is 14. The van der Waals surface area contributed by atoms with Gasteiger partial charge in [0.05, 0.1) is 0 Å². The van der Waals surface area contributed by atoms with Crippen molar-refractivity contribution in [3.8, 4) is 0 Å². The van der Waals surface area contributed by atoms with Gasteiger partial charge in [-0.2, -0.15) is 0 Å². The third kappa shape index (κ3) is 8.55. The standard InChI is InChI=1S/C34H51N3/c1-11-14-32(36-29(7)23-31-17-22-35-24-31)16-13-15-27(5)25-37(26(3)4)30(8)34(28(6)12-2)20-18-33(9,10)19-21-34/h11,13-14,16-17,22-24,28,35-36H,1,3,5,8,12,15,18-21,25H2,2,4,6-7,9-10H3/b16-13-,29-23-,32-14+. The molecule has 3 nitrogen and oxygen atoms in total. The molecule has 1 unspecified atom stereocenters. The van der Waals surface area contributed by atoms with E-state index in [2.05, 4.69) is 94.7 Å². The maximum atomic E-state index is 4.71. The summed E-state index contributed by atoms with van der Waals surface area (Å²) in [6.45, 7) is 31.8. The maximum absolute atomic E-state index is 4.71. The second kappa shape index (κ2) is 13.6. The molecular formula is C34H51N3. The lowest BCUT2D eigenvalue weighted by molar-refractivity contribution is 0.0601. The molecule has 2 N–H and O–H groups in total. The molecule has 0 bridgehead atoms. The highest BCUT2D eigenvalue weighted by atomic mass is 15.2. The summed E-state index contributed by atoms with van der Waals surface area (Å²) in [5.74, 6) is 0.589. The van der Waals surface area contributed by atoms with Crippen LogP contribution in [0.1, 0.15) is 85.6 Å². The molecule has 0 aromatic carbocycles. The lowest BCUT2D eigenvalue weighted by Crippen LogP contribution is -2.43. The number of hydrogen-bond donors (Lipinski definition) is 2. The number of aromatic amines is 1. The molecule has 0 amide bonds. The highest BCUT2D eigenvalue weighted by molar-refractivity contribution is 5.51. The van der Waals surface area contributed by atoms with Crippen molar-refractivity contribution in [1.29, 1.82) is 0 Å². The van der Waals surface area contributed by atoms with Crippen LogP contribution in [0.5, 0.6) is 0 Å². The normalized spacial score (nSPS) is 18.3. The molecule has 1 aliphatic rings. The Labute approximate surface area is 227 Å². The van der Waals surface area contributed by atoms with Crippen molar-refractivity contribution >= 4 is 6.08 Å². The summed E-state index contributed by atoms with van der Waals surface area (Å²) in [6.07, 6.45) is 20.9. The van der Waals surface area contributed by atoms with Gasteiger partial charge < -0.3 is 15.2 Å². The van der Waals surface area contributed by atoms with Gasteiger partial charge in [0, 0.05) is 47.1 Å². The van der Waals surface area contributed by atoms with Crippen LogP contribution in [0.15, 0.2) is 97.4 Å². The van der Waals surface area contributed by atoms with Crippen LogP contribution >= 0.6 is 0 Å². The molecule has 2 rings (SSSR count). The van der Waals surface area contributed by atoms with E-state index in [1.54, 1.807) is 6.08 Å². The van der Waals surface area contributed by atoms with E-state index in [1.165, 1.54) is 31.4 Å². The average Bonchev–Trinajstić information content (AvgIpc) is 3.34. The summed E-state index contributed by atoms with van der Waals surface area (Å²) in [5, 5.41) is 3.46. The van der Waals surface area contributed by atoms with Gasteiger partial charge in [-0.15, -0.1) is 0 Å². The Kier molecular flexibility index (Phi) is 11.1. The number of H-pyrrole nitrogens is 1. The largest absolute Gasteiger partial charge is 0.367 e. The molecule has 202 valence electrons. The van der Waals surface area contributed by atoms with Gasteiger partial charge in [0.25, 0.3) is 0 Å². The highest BCUT2D eigenvalue weighted by Crippen LogP contribution is 2.54. The molecule has 1 saturated carbocycles. The fourth-order valence-electron chi connectivity index (χ4n) is 5.41. The van der Waals surface area contributed by atoms with E-state index in [0.717, 1.165) is 47.6 Å². The Morgan fingerprint density at radius 2 is 1.84 bits per heavy atom. The minimum absolute atomic E-state index is 0.131.